The molecule has 0 aromatic heterocycles. The quantitative estimate of drug-likeness (QED) is 0.718. The Morgan fingerprint density at radius 2 is 2.06 bits per heavy atom. The molecule has 1 atom stereocenters. The minimum absolute atomic E-state index is 0.685. The van der Waals surface area contributed by atoms with E-state index in [2.05, 4.69) is 17.1 Å². The Hall–Kier alpha value is -0.120. The average molecular weight is 228 g/mol. The lowest BCUT2D eigenvalue weighted by atomic mass is 9.92. The van der Waals surface area contributed by atoms with E-state index in [1.165, 1.54) is 38.9 Å². The molecule has 0 amide bonds. The molecule has 1 fully saturated rings. The van der Waals surface area contributed by atoms with E-state index < -0.39 is 0 Å². The lowest BCUT2D eigenvalue weighted by Gasteiger charge is -2.36. The Morgan fingerprint density at radius 3 is 2.62 bits per heavy atom. The van der Waals surface area contributed by atoms with Crippen molar-refractivity contribution >= 4 is 0 Å². The second-order valence-corrected chi connectivity index (χ2v) is 5.00. The zero-order valence-electron chi connectivity index (χ0n) is 11.2. The number of hydrogen-bond acceptors (Lipinski definition) is 3. The molecule has 3 nitrogen and oxygen atoms in total. The van der Waals surface area contributed by atoms with Crippen molar-refractivity contribution in [3.63, 3.8) is 0 Å². The molecule has 1 aliphatic heterocycles. The Kier molecular flexibility index (Phi) is 7.01. The van der Waals surface area contributed by atoms with Crippen molar-refractivity contribution in [3.05, 3.63) is 0 Å². The first kappa shape index (κ1) is 13.9. The van der Waals surface area contributed by atoms with Crippen LogP contribution in [0.3, 0.4) is 0 Å². The average Bonchev–Trinajstić information content (AvgIpc) is 2.34. The zero-order valence-corrected chi connectivity index (χ0v) is 11.2. The van der Waals surface area contributed by atoms with Gasteiger partial charge in [-0.1, -0.05) is 0 Å². The van der Waals surface area contributed by atoms with Gasteiger partial charge in [0, 0.05) is 19.8 Å². The summed E-state index contributed by atoms with van der Waals surface area (Å²) in [6, 6.07) is 0.685. The van der Waals surface area contributed by atoms with Gasteiger partial charge < -0.3 is 15.0 Å². The summed E-state index contributed by atoms with van der Waals surface area (Å²) < 4.78 is 5.14. The molecule has 1 heterocycles. The molecule has 0 aliphatic carbocycles. The number of nitrogens with zero attached hydrogens (tertiary/aromatic N) is 1. The van der Waals surface area contributed by atoms with Crippen molar-refractivity contribution in [3.8, 4) is 0 Å². The van der Waals surface area contributed by atoms with Crippen molar-refractivity contribution in [2.45, 2.75) is 38.6 Å². The van der Waals surface area contributed by atoms with Gasteiger partial charge in [-0.3, -0.25) is 0 Å². The van der Waals surface area contributed by atoms with E-state index in [0.717, 1.165) is 18.9 Å². The first-order valence-corrected chi connectivity index (χ1v) is 6.65. The maximum Gasteiger partial charge on any atom is 0.0477 e. The molecule has 3 heteroatoms. The van der Waals surface area contributed by atoms with Crippen LogP contribution in [0.25, 0.3) is 0 Å². The molecule has 1 aliphatic rings. The predicted octanol–water partition coefficient (Wildman–Crippen LogP) is 1.73. The van der Waals surface area contributed by atoms with E-state index in [4.69, 9.17) is 4.74 Å². The highest BCUT2D eigenvalue weighted by Crippen LogP contribution is 2.22. The van der Waals surface area contributed by atoms with E-state index in [0.29, 0.717) is 6.04 Å². The highest BCUT2D eigenvalue weighted by molar-refractivity contribution is 4.76. The van der Waals surface area contributed by atoms with Crippen LogP contribution < -0.4 is 5.32 Å². The molecular weight excluding hydrogens is 200 g/mol. The van der Waals surface area contributed by atoms with Crippen molar-refractivity contribution < 1.29 is 4.74 Å². The Balaban J connectivity index is 2.15. The topological polar surface area (TPSA) is 24.5 Å². The summed E-state index contributed by atoms with van der Waals surface area (Å²) in [5.41, 5.74) is 0. The standard InChI is InChI=1S/C13H28N2O/c1-12(7-11-16-3)15-9-5-13(6-10-15)4-8-14-2/h12-14H,4-11H2,1-3H3. The van der Waals surface area contributed by atoms with Crippen LogP contribution in [0.4, 0.5) is 0 Å². The number of likely N-dealkylation sites (tertiary alicyclic amines) is 1. The van der Waals surface area contributed by atoms with Gasteiger partial charge in [-0.05, 0) is 65.2 Å². The van der Waals surface area contributed by atoms with Crippen molar-refractivity contribution in [1.82, 2.24) is 10.2 Å². The number of piperidine rings is 1. The molecule has 0 aromatic carbocycles. The first-order valence-electron chi connectivity index (χ1n) is 6.65. The zero-order chi connectivity index (χ0) is 11.8. The molecular formula is C13H28N2O. The van der Waals surface area contributed by atoms with Crippen LogP contribution >= 0.6 is 0 Å². The smallest absolute Gasteiger partial charge is 0.0477 e. The van der Waals surface area contributed by atoms with E-state index in [1.807, 2.05) is 7.05 Å². The lowest BCUT2D eigenvalue weighted by Crippen LogP contribution is -2.40. The number of ether oxygens (including phenoxy) is 1. The first-order chi connectivity index (χ1) is 7.77. The second-order valence-electron chi connectivity index (χ2n) is 5.00. The predicted molar refractivity (Wildman–Crippen MR) is 68.8 cm³/mol. The Labute approximate surface area is 101 Å². The van der Waals surface area contributed by atoms with E-state index in [9.17, 15) is 0 Å². The summed E-state index contributed by atoms with van der Waals surface area (Å²) in [4.78, 5) is 2.62. The van der Waals surface area contributed by atoms with Crippen LogP contribution in [-0.2, 0) is 4.74 Å². The SMILES string of the molecule is CNCCC1CCN(C(C)CCOC)CC1. The maximum absolute atomic E-state index is 5.14. The van der Waals surface area contributed by atoms with Crippen LogP contribution in [0.5, 0.6) is 0 Å². The fourth-order valence-corrected chi connectivity index (χ4v) is 2.50. The van der Waals surface area contributed by atoms with E-state index in [-0.39, 0.29) is 0 Å². The van der Waals surface area contributed by atoms with Gasteiger partial charge in [-0.15, -0.1) is 0 Å². The van der Waals surface area contributed by atoms with Gasteiger partial charge in [-0.25, -0.2) is 0 Å². The van der Waals surface area contributed by atoms with Crippen LogP contribution in [0.2, 0.25) is 0 Å². The molecule has 1 saturated heterocycles. The van der Waals surface area contributed by atoms with Gasteiger partial charge in [0.1, 0.15) is 0 Å². The van der Waals surface area contributed by atoms with Gasteiger partial charge in [0.25, 0.3) is 0 Å². The van der Waals surface area contributed by atoms with Gasteiger partial charge >= 0.3 is 0 Å². The molecule has 0 bridgehead atoms. The van der Waals surface area contributed by atoms with Crippen LogP contribution in [0.15, 0.2) is 0 Å². The number of rotatable bonds is 7. The summed E-state index contributed by atoms with van der Waals surface area (Å²) in [5, 5.41) is 3.25. The minimum Gasteiger partial charge on any atom is -0.385 e. The third kappa shape index (κ3) is 4.81. The molecule has 1 N–H and O–H groups in total. The summed E-state index contributed by atoms with van der Waals surface area (Å²) in [7, 11) is 3.83. The van der Waals surface area contributed by atoms with Crippen molar-refractivity contribution in [1.29, 1.82) is 0 Å². The summed E-state index contributed by atoms with van der Waals surface area (Å²) in [6.07, 6.45) is 5.26. The molecule has 0 saturated carbocycles. The molecule has 16 heavy (non-hydrogen) atoms. The van der Waals surface area contributed by atoms with Crippen LogP contribution in [0.1, 0.15) is 32.6 Å². The summed E-state index contributed by atoms with van der Waals surface area (Å²) in [5.74, 6) is 0.943. The van der Waals surface area contributed by atoms with Crippen molar-refractivity contribution in [2.24, 2.45) is 5.92 Å². The third-order valence-electron chi connectivity index (χ3n) is 3.81. The molecule has 1 rings (SSSR count). The number of nitrogens with one attached hydrogen (secondary N) is 1. The molecule has 0 spiro atoms. The van der Waals surface area contributed by atoms with E-state index >= 15 is 0 Å². The van der Waals surface area contributed by atoms with Crippen molar-refractivity contribution in [2.75, 3.05) is 40.4 Å². The normalized spacial score (nSPS) is 21.2. The summed E-state index contributed by atoms with van der Waals surface area (Å²) in [6.45, 7) is 6.94. The lowest BCUT2D eigenvalue weighted by molar-refractivity contribution is 0.105. The van der Waals surface area contributed by atoms with Gasteiger partial charge in [0.05, 0.1) is 0 Å². The highest BCUT2D eigenvalue weighted by atomic mass is 16.5. The monoisotopic (exact) mass is 228 g/mol. The summed E-state index contributed by atoms with van der Waals surface area (Å²) >= 11 is 0. The number of methoxy groups -OCH3 is 1. The van der Waals surface area contributed by atoms with E-state index in [1.54, 1.807) is 7.11 Å². The second kappa shape index (κ2) is 8.04. The molecule has 0 radical (unpaired) electrons. The Morgan fingerprint density at radius 1 is 1.38 bits per heavy atom. The highest BCUT2D eigenvalue weighted by Gasteiger charge is 2.21. The third-order valence-corrected chi connectivity index (χ3v) is 3.81. The largest absolute Gasteiger partial charge is 0.385 e. The van der Waals surface area contributed by atoms with Crippen LogP contribution in [-0.4, -0.2) is 51.3 Å². The number of hydrogen-bond donors (Lipinski definition) is 1. The van der Waals surface area contributed by atoms with Crippen LogP contribution in [0, 0.1) is 5.92 Å². The molecule has 1 unspecified atom stereocenters. The Bertz CT molecular complexity index is 167. The fourth-order valence-electron chi connectivity index (χ4n) is 2.50. The van der Waals surface area contributed by atoms with Gasteiger partial charge in [0.2, 0.25) is 0 Å². The fraction of sp³-hybridized carbons (Fsp3) is 1.00. The maximum atomic E-state index is 5.14. The molecule has 0 aromatic rings. The van der Waals surface area contributed by atoms with Gasteiger partial charge in [-0.2, -0.15) is 0 Å². The molecule has 96 valence electrons. The minimum atomic E-state index is 0.685. The van der Waals surface area contributed by atoms with Gasteiger partial charge in [0.15, 0.2) is 0 Å².